The molecule has 1 aliphatic carbocycles. The number of likely N-dealkylation sites (tertiary alicyclic amines) is 3. The summed E-state index contributed by atoms with van der Waals surface area (Å²) < 4.78 is 0. The van der Waals surface area contributed by atoms with E-state index < -0.39 is 0 Å². The maximum atomic E-state index is 2.81. The first-order chi connectivity index (χ1) is 11.0. The zero-order valence-corrected chi connectivity index (χ0v) is 15.7. The van der Waals surface area contributed by atoms with Crippen molar-refractivity contribution in [3.8, 4) is 0 Å². The fourth-order valence-electron chi connectivity index (χ4n) is 5.58. The van der Waals surface area contributed by atoms with Crippen LogP contribution in [0.5, 0.6) is 0 Å². The summed E-state index contributed by atoms with van der Waals surface area (Å²) in [5, 5.41) is 0. The van der Waals surface area contributed by atoms with Crippen LogP contribution in [-0.4, -0.2) is 73.1 Å². The zero-order valence-electron chi connectivity index (χ0n) is 15.7. The lowest BCUT2D eigenvalue weighted by Gasteiger charge is -2.60. The number of rotatable bonds is 6. The molecule has 0 bridgehead atoms. The van der Waals surface area contributed by atoms with Gasteiger partial charge in [0.15, 0.2) is 0 Å². The molecular formula is C20H37N3. The third-order valence-corrected chi connectivity index (χ3v) is 7.25. The third-order valence-electron chi connectivity index (χ3n) is 7.25. The molecule has 0 unspecified atom stereocenters. The molecule has 4 aliphatic rings. The highest BCUT2D eigenvalue weighted by Crippen LogP contribution is 2.52. The van der Waals surface area contributed by atoms with Gasteiger partial charge in [-0.05, 0) is 68.5 Å². The summed E-state index contributed by atoms with van der Waals surface area (Å²) in [6.45, 7) is 17.9. The van der Waals surface area contributed by atoms with Crippen LogP contribution in [0.25, 0.3) is 0 Å². The summed E-state index contributed by atoms with van der Waals surface area (Å²) in [6, 6.07) is 0.889. The summed E-state index contributed by atoms with van der Waals surface area (Å²) in [5.41, 5.74) is 1.43. The molecule has 0 radical (unpaired) electrons. The van der Waals surface area contributed by atoms with Crippen LogP contribution in [-0.2, 0) is 0 Å². The van der Waals surface area contributed by atoms with Gasteiger partial charge in [-0.1, -0.05) is 20.8 Å². The second-order valence-electron chi connectivity index (χ2n) is 9.79. The summed E-state index contributed by atoms with van der Waals surface area (Å²) in [6.07, 6.45) is 7.34. The molecule has 3 nitrogen and oxygen atoms in total. The highest BCUT2D eigenvalue weighted by atomic mass is 15.4. The van der Waals surface area contributed by atoms with Gasteiger partial charge in [0, 0.05) is 38.8 Å². The van der Waals surface area contributed by atoms with Crippen molar-refractivity contribution in [1.82, 2.24) is 14.7 Å². The molecular weight excluding hydrogens is 282 g/mol. The predicted molar refractivity (Wildman–Crippen MR) is 96.7 cm³/mol. The molecule has 3 saturated heterocycles. The maximum absolute atomic E-state index is 2.81. The van der Waals surface area contributed by atoms with Crippen molar-refractivity contribution < 1.29 is 0 Å². The van der Waals surface area contributed by atoms with Gasteiger partial charge < -0.3 is 4.90 Å². The first kappa shape index (κ1) is 16.4. The minimum atomic E-state index is 0.710. The molecule has 23 heavy (non-hydrogen) atoms. The topological polar surface area (TPSA) is 9.72 Å². The monoisotopic (exact) mass is 319 g/mol. The fraction of sp³-hybridized carbons (Fsp3) is 1.00. The van der Waals surface area contributed by atoms with Gasteiger partial charge in [0.1, 0.15) is 0 Å². The Morgan fingerprint density at radius 3 is 2.13 bits per heavy atom. The minimum absolute atomic E-state index is 0.710. The van der Waals surface area contributed by atoms with E-state index in [0.29, 0.717) is 5.41 Å². The number of nitrogens with zero attached hydrogens (tertiary/aromatic N) is 3. The quantitative estimate of drug-likeness (QED) is 0.745. The van der Waals surface area contributed by atoms with E-state index in [9.17, 15) is 0 Å². The summed E-state index contributed by atoms with van der Waals surface area (Å²) >= 11 is 0. The van der Waals surface area contributed by atoms with Gasteiger partial charge in [-0.3, -0.25) is 9.80 Å². The Morgan fingerprint density at radius 1 is 0.957 bits per heavy atom. The summed E-state index contributed by atoms with van der Waals surface area (Å²) in [5.74, 6) is 0.874. The van der Waals surface area contributed by atoms with Gasteiger partial charge in [-0.25, -0.2) is 0 Å². The van der Waals surface area contributed by atoms with E-state index in [1.807, 2.05) is 0 Å². The van der Waals surface area contributed by atoms with Crippen LogP contribution < -0.4 is 0 Å². The van der Waals surface area contributed by atoms with E-state index in [4.69, 9.17) is 0 Å². The van der Waals surface area contributed by atoms with Gasteiger partial charge >= 0.3 is 0 Å². The molecule has 132 valence electrons. The molecule has 4 rings (SSSR count). The van der Waals surface area contributed by atoms with E-state index in [-0.39, 0.29) is 0 Å². The van der Waals surface area contributed by atoms with Crippen LogP contribution >= 0.6 is 0 Å². The van der Waals surface area contributed by atoms with Crippen LogP contribution in [0.3, 0.4) is 0 Å². The van der Waals surface area contributed by atoms with Crippen molar-refractivity contribution in [1.29, 1.82) is 0 Å². The van der Waals surface area contributed by atoms with Crippen LogP contribution in [0.1, 0.15) is 52.9 Å². The van der Waals surface area contributed by atoms with E-state index >= 15 is 0 Å². The predicted octanol–water partition coefficient (Wildman–Crippen LogP) is 2.91. The molecule has 1 saturated carbocycles. The molecule has 4 fully saturated rings. The molecule has 3 heterocycles. The fourth-order valence-corrected chi connectivity index (χ4v) is 5.58. The maximum Gasteiger partial charge on any atom is 0.0350 e. The van der Waals surface area contributed by atoms with Crippen molar-refractivity contribution in [2.75, 3.05) is 52.4 Å². The molecule has 3 aliphatic heterocycles. The molecule has 0 aromatic carbocycles. The Kier molecular flexibility index (Phi) is 4.26. The standard InChI is InChI=1S/C20H37N3/c1-4-21-9-7-20(8-10-21)15-23(16-20)18-12-22(13-18)14-19(5-6-19)11-17(2)3/h17-18H,4-16H2,1-3H3. The molecule has 0 amide bonds. The molecule has 0 aromatic heterocycles. The highest BCUT2D eigenvalue weighted by molar-refractivity contribution is 5.05. The third kappa shape index (κ3) is 3.34. The number of hydrogen-bond donors (Lipinski definition) is 0. The molecule has 1 spiro atoms. The van der Waals surface area contributed by atoms with E-state index in [2.05, 4.69) is 35.5 Å². The molecule has 0 N–H and O–H groups in total. The van der Waals surface area contributed by atoms with Crippen LogP contribution in [0.4, 0.5) is 0 Å². The van der Waals surface area contributed by atoms with E-state index in [1.54, 1.807) is 0 Å². The lowest BCUT2D eigenvalue weighted by molar-refractivity contribution is -0.106. The average Bonchev–Trinajstić information content (AvgIpc) is 3.19. The van der Waals surface area contributed by atoms with Gasteiger partial charge in [0.05, 0.1) is 0 Å². The number of hydrogen-bond acceptors (Lipinski definition) is 3. The van der Waals surface area contributed by atoms with Crippen molar-refractivity contribution in [3.63, 3.8) is 0 Å². The van der Waals surface area contributed by atoms with E-state index in [1.165, 1.54) is 84.5 Å². The van der Waals surface area contributed by atoms with Gasteiger partial charge in [-0.15, -0.1) is 0 Å². The second kappa shape index (κ2) is 6.00. The minimum Gasteiger partial charge on any atom is -0.304 e. The zero-order chi connectivity index (χ0) is 16.1. The first-order valence-electron chi connectivity index (χ1n) is 10.2. The Morgan fingerprint density at radius 2 is 1.61 bits per heavy atom. The van der Waals surface area contributed by atoms with Crippen molar-refractivity contribution in [2.24, 2.45) is 16.7 Å². The molecule has 0 atom stereocenters. The van der Waals surface area contributed by atoms with Crippen molar-refractivity contribution in [3.05, 3.63) is 0 Å². The largest absolute Gasteiger partial charge is 0.304 e. The Bertz CT molecular complexity index is 407. The van der Waals surface area contributed by atoms with Gasteiger partial charge in [-0.2, -0.15) is 0 Å². The van der Waals surface area contributed by atoms with Crippen molar-refractivity contribution in [2.45, 2.75) is 58.9 Å². The Balaban J connectivity index is 1.17. The van der Waals surface area contributed by atoms with Gasteiger partial charge in [0.2, 0.25) is 0 Å². The van der Waals surface area contributed by atoms with E-state index in [0.717, 1.165) is 17.4 Å². The van der Waals surface area contributed by atoms with Crippen LogP contribution in [0.2, 0.25) is 0 Å². The van der Waals surface area contributed by atoms with Gasteiger partial charge in [0.25, 0.3) is 0 Å². The summed E-state index contributed by atoms with van der Waals surface area (Å²) in [7, 11) is 0. The van der Waals surface area contributed by atoms with Crippen molar-refractivity contribution >= 4 is 0 Å². The first-order valence-corrected chi connectivity index (χ1v) is 10.2. The normalized spacial score (nSPS) is 31.3. The number of piperidine rings is 1. The second-order valence-corrected chi connectivity index (χ2v) is 9.79. The van der Waals surface area contributed by atoms with Crippen LogP contribution in [0.15, 0.2) is 0 Å². The lowest BCUT2D eigenvalue weighted by Crippen LogP contribution is -2.70. The molecule has 0 aromatic rings. The Hall–Kier alpha value is -0.120. The van der Waals surface area contributed by atoms with Crippen LogP contribution in [0, 0.1) is 16.7 Å². The molecule has 3 heteroatoms. The SMILES string of the molecule is CCN1CCC2(CC1)CN(C1CN(CC3(CC(C)C)CC3)C1)C2. The highest BCUT2D eigenvalue weighted by Gasteiger charge is 2.51. The summed E-state index contributed by atoms with van der Waals surface area (Å²) in [4.78, 5) is 8.19. The average molecular weight is 320 g/mol. The Labute approximate surface area is 143 Å². The smallest absolute Gasteiger partial charge is 0.0350 e. The lowest BCUT2D eigenvalue weighted by atomic mass is 9.71.